The fraction of sp³-hybridized carbons (Fsp3) is 0.250. The van der Waals surface area contributed by atoms with Gasteiger partial charge in [-0.05, 0) is 27.6 Å². The predicted molar refractivity (Wildman–Crippen MR) is 50.1 cm³/mol. The molecule has 1 aromatic carbocycles. The maximum atomic E-state index is 12.3. The quantitative estimate of drug-likeness (QED) is 0.837. The maximum absolute atomic E-state index is 12.3. The van der Waals surface area contributed by atoms with Gasteiger partial charge in [-0.25, -0.2) is 0 Å². The molecule has 0 aliphatic rings. The van der Waals surface area contributed by atoms with Crippen molar-refractivity contribution >= 4 is 27.5 Å². The van der Waals surface area contributed by atoms with Crippen LogP contribution in [-0.2, 0) is 12.8 Å². The van der Waals surface area contributed by atoms with Gasteiger partial charge in [0.05, 0.1) is 17.2 Å². The van der Waals surface area contributed by atoms with E-state index in [0.29, 0.717) is 0 Å². The summed E-state index contributed by atoms with van der Waals surface area (Å²) in [4.78, 5) is 0. The van der Waals surface area contributed by atoms with E-state index < -0.39 is 18.3 Å². The largest absolute Gasteiger partial charge is 0.417 e. The first kappa shape index (κ1) is 11.8. The van der Waals surface area contributed by atoms with E-state index in [-0.39, 0.29) is 15.1 Å². The molecule has 14 heavy (non-hydrogen) atoms. The van der Waals surface area contributed by atoms with Gasteiger partial charge in [0.25, 0.3) is 0 Å². The molecule has 1 nitrogen and oxygen atoms in total. The van der Waals surface area contributed by atoms with Gasteiger partial charge in [-0.3, -0.25) is 0 Å². The summed E-state index contributed by atoms with van der Waals surface area (Å²) in [5.41, 5.74) is -0.591. The molecular weight excluding hydrogens is 284 g/mol. The number of hydrogen-bond donors (Lipinski definition) is 1. The number of alkyl halides is 3. The van der Waals surface area contributed by atoms with E-state index in [4.69, 9.17) is 16.7 Å². The predicted octanol–water partition coefficient (Wildman–Crippen LogP) is 3.61. The van der Waals surface area contributed by atoms with Gasteiger partial charge in [0, 0.05) is 4.47 Å². The molecule has 0 aromatic heterocycles. The molecule has 0 heterocycles. The smallest absolute Gasteiger partial charge is 0.392 e. The molecule has 1 rings (SSSR count). The van der Waals surface area contributed by atoms with Crippen molar-refractivity contribution in [3.63, 3.8) is 0 Å². The van der Waals surface area contributed by atoms with Crippen LogP contribution in [-0.4, -0.2) is 5.11 Å². The molecule has 0 radical (unpaired) electrons. The van der Waals surface area contributed by atoms with Crippen molar-refractivity contribution in [1.29, 1.82) is 0 Å². The van der Waals surface area contributed by atoms with Crippen LogP contribution in [0.4, 0.5) is 13.2 Å². The number of aliphatic hydroxyl groups is 1. The third-order valence-electron chi connectivity index (χ3n) is 1.64. The summed E-state index contributed by atoms with van der Waals surface area (Å²) in [7, 11) is 0. The Morgan fingerprint density at radius 2 is 1.93 bits per heavy atom. The van der Waals surface area contributed by atoms with Gasteiger partial charge in [-0.1, -0.05) is 17.7 Å². The Labute approximate surface area is 91.6 Å². The van der Waals surface area contributed by atoms with Crippen LogP contribution in [0.5, 0.6) is 0 Å². The first-order valence-corrected chi connectivity index (χ1v) is 4.70. The van der Waals surface area contributed by atoms with Gasteiger partial charge < -0.3 is 5.11 Å². The minimum atomic E-state index is -4.45. The third kappa shape index (κ3) is 2.21. The number of aliphatic hydroxyl groups excluding tert-OH is 1. The van der Waals surface area contributed by atoms with Crippen LogP contribution >= 0.6 is 27.5 Å². The summed E-state index contributed by atoms with van der Waals surface area (Å²) in [5, 5.41) is 8.64. The van der Waals surface area contributed by atoms with Crippen LogP contribution in [0.1, 0.15) is 11.1 Å². The lowest BCUT2D eigenvalue weighted by atomic mass is 10.1. The van der Waals surface area contributed by atoms with Crippen molar-refractivity contribution in [1.82, 2.24) is 0 Å². The Bertz CT molecular complexity index is 351. The summed E-state index contributed by atoms with van der Waals surface area (Å²) >= 11 is 8.34. The molecule has 0 bridgehead atoms. The topological polar surface area (TPSA) is 20.2 Å². The highest BCUT2D eigenvalue weighted by molar-refractivity contribution is 9.10. The third-order valence-corrected chi connectivity index (χ3v) is 3.12. The van der Waals surface area contributed by atoms with Gasteiger partial charge in [0.1, 0.15) is 0 Å². The average Bonchev–Trinajstić information content (AvgIpc) is 2.07. The lowest BCUT2D eigenvalue weighted by Gasteiger charge is -2.11. The molecule has 0 amide bonds. The molecule has 0 aliphatic heterocycles. The van der Waals surface area contributed by atoms with E-state index in [2.05, 4.69) is 15.9 Å². The lowest BCUT2D eigenvalue weighted by Crippen LogP contribution is -2.06. The zero-order chi connectivity index (χ0) is 10.9. The van der Waals surface area contributed by atoms with Crippen LogP contribution in [0, 0.1) is 0 Å². The maximum Gasteiger partial charge on any atom is 0.417 e. The van der Waals surface area contributed by atoms with Crippen LogP contribution in [0.25, 0.3) is 0 Å². The Hall–Kier alpha value is -0.260. The lowest BCUT2D eigenvalue weighted by molar-refractivity contribution is -0.138. The highest BCUT2D eigenvalue weighted by atomic mass is 79.9. The molecule has 0 fully saturated rings. The molecule has 0 aliphatic carbocycles. The van der Waals surface area contributed by atoms with E-state index in [1.165, 1.54) is 0 Å². The van der Waals surface area contributed by atoms with Crippen molar-refractivity contribution in [3.05, 3.63) is 32.8 Å². The van der Waals surface area contributed by atoms with E-state index in [0.717, 1.165) is 12.1 Å². The fourth-order valence-electron chi connectivity index (χ4n) is 0.930. The Kier molecular flexibility index (Phi) is 3.44. The summed E-state index contributed by atoms with van der Waals surface area (Å²) < 4.78 is 36.7. The number of hydrogen-bond acceptors (Lipinski definition) is 1. The summed E-state index contributed by atoms with van der Waals surface area (Å²) in [5.74, 6) is 0. The van der Waals surface area contributed by atoms with Crippen molar-refractivity contribution in [2.24, 2.45) is 0 Å². The Balaban J connectivity index is 3.31. The molecule has 1 aromatic rings. The van der Waals surface area contributed by atoms with Crippen LogP contribution in [0.3, 0.4) is 0 Å². The van der Waals surface area contributed by atoms with Crippen molar-refractivity contribution in [3.8, 4) is 0 Å². The van der Waals surface area contributed by atoms with E-state index in [1.807, 2.05) is 0 Å². The number of rotatable bonds is 1. The van der Waals surface area contributed by atoms with Crippen molar-refractivity contribution in [2.75, 3.05) is 0 Å². The minimum Gasteiger partial charge on any atom is -0.392 e. The second kappa shape index (κ2) is 4.08. The van der Waals surface area contributed by atoms with Gasteiger partial charge in [0.2, 0.25) is 0 Å². The van der Waals surface area contributed by atoms with Crippen molar-refractivity contribution < 1.29 is 18.3 Å². The van der Waals surface area contributed by atoms with Crippen LogP contribution < -0.4 is 0 Å². The molecule has 78 valence electrons. The Morgan fingerprint density at radius 1 is 1.36 bits per heavy atom. The van der Waals surface area contributed by atoms with Gasteiger partial charge in [0.15, 0.2) is 0 Å². The molecular formula is C8H5BrClF3O. The molecule has 0 saturated carbocycles. The fourth-order valence-corrected chi connectivity index (χ4v) is 1.77. The Morgan fingerprint density at radius 3 is 2.36 bits per heavy atom. The highest BCUT2D eigenvalue weighted by Gasteiger charge is 2.34. The van der Waals surface area contributed by atoms with Crippen molar-refractivity contribution in [2.45, 2.75) is 12.8 Å². The second-order valence-corrected chi connectivity index (χ2v) is 3.73. The normalized spacial score (nSPS) is 11.9. The van der Waals surface area contributed by atoms with Crippen LogP contribution in [0.2, 0.25) is 5.02 Å². The molecule has 0 spiro atoms. The standard InChI is InChI=1S/C8H5BrClF3O/c9-6-5(8(11,12)13)2-1-4(3-14)7(6)10/h1-2,14H,3H2. The summed E-state index contributed by atoms with van der Waals surface area (Å²) in [6.45, 7) is -0.393. The molecule has 0 unspecified atom stereocenters. The first-order valence-electron chi connectivity index (χ1n) is 3.53. The van der Waals surface area contributed by atoms with E-state index in [9.17, 15) is 13.2 Å². The number of halogens is 5. The zero-order valence-electron chi connectivity index (χ0n) is 6.70. The molecule has 0 saturated heterocycles. The average molecular weight is 289 g/mol. The van der Waals surface area contributed by atoms with Gasteiger partial charge in [-0.2, -0.15) is 13.2 Å². The summed E-state index contributed by atoms with van der Waals surface area (Å²) in [6, 6.07) is 2.03. The highest BCUT2D eigenvalue weighted by Crippen LogP contribution is 2.39. The molecule has 6 heteroatoms. The monoisotopic (exact) mass is 288 g/mol. The van der Waals surface area contributed by atoms with Gasteiger partial charge >= 0.3 is 6.18 Å². The van der Waals surface area contributed by atoms with Crippen LogP contribution in [0.15, 0.2) is 16.6 Å². The first-order chi connectivity index (χ1) is 6.38. The van der Waals surface area contributed by atoms with Gasteiger partial charge in [-0.15, -0.1) is 0 Å². The SMILES string of the molecule is OCc1ccc(C(F)(F)F)c(Br)c1Cl. The van der Waals surface area contributed by atoms with E-state index >= 15 is 0 Å². The number of benzene rings is 1. The second-order valence-electron chi connectivity index (χ2n) is 2.56. The summed E-state index contributed by atoms with van der Waals surface area (Å²) in [6.07, 6.45) is -4.45. The minimum absolute atomic E-state index is 0.109. The molecule has 1 N–H and O–H groups in total. The van der Waals surface area contributed by atoms with E-state index in [1.54, 1.807) is 0 Å². The zero-order valence-corrected chi connectivity index (χ0v) is 9.04. The molecule has 0 atom stereocenters.